The summed E-state index contributed by atoms with van der Waals surface area (Å²) in [4.78, 5) is 3.92. The fourth-order valence-electron chi connectivity index (χ4n) is 1.42. The van der Waals surface area contributed by atoms with E-state index in [1.807, 2.05) is 12.1 Å². The minimum Gasteiger partial charge on any atom is -0.492 e. The average molecular weight is 232 g/mol. The van der Waals surface area contributed by atoms with E-state index in [1.54, 1.807) is 24.5 Å². The molecule has 0 aliphatic rings. The van der Waals surface area contributed by atoms with Crippen molar-refractivity contribution in [2.45, 2.75) is 6.04 Å². The van der Waals surface area contributed by atoms with Gasteiger partial charge in [0.05, 0.1) is 6.04 Å². The van der Waals surface area contributed by atoms with Crippen molar-refractivity contribution in [1.29, 1.82) is 0 Å². The van der Waals surface area contributed by atoms with Crippen molar-refractivity contribution in [3.63, 3.8) is 0 Å². The lowest BCUT2D eigenvalue weighted by atomic mass is 10.1. The molecule has 0 saturated carbocycles. The predicted octanol–water partition coefficient (Wildman–Crippen LogP) is 2.30. The summed E-state index contributed by atoms with van der Waals surface area (Å²) in [6.45, 7) is 0.343. The molecule has 4 heteroatoms. The molecule has 0 aliphatic carbocycles. The van der Waals surface area contributed by atoms with E-state index >= 15 is 0 Å². The zero-order chi connectivity index (χ0) is 12.1. The van der Waals surface area contributed by atoms with E-state index in [9.17, 15) is 4.39 Å². The van der Waals surface area contributed by atoms with E-state index in [1.165, 1.54) is 12.1 Å². The molecular weight excluding hydrogens is 219 g/mol. The van der Waals surface area contributed by atoms with E-state index in [0.717, 1.165) is 5.56 Å². The zero-order valence-corrected chi connectivity index (χ0v) is 9.21. The maximum atomic E-state index is 12.7. The first-order valence-corrected chi connectivity index (χ1v) is 5.29. The molecule has 1 aromatic heterocycles. The number of aromatic nitrogens is 1. The highest BCUT2D eigenvalue weighted by Gasteiger charge is 2.06. The molecule has 0 bridgehead atoms. The van der Waals surface area contributed by atoms with Crippen molar-refractivity contribution >= 4 is 0 Å². The van der Waals surface area contributed by atoms with Crippen LogP contribution in [0.5, 0.6) is 5.75 Å². The lowest BCUT2D eigenvalue weighted by molar-refractivity contribution is 0.290. The van der Waals surface area contributed by atoms with Gasteiger partial charge in [-0.2, -0.15) is 0 Å². The van der Waals surface area contributed by atoms with Crippen LogP contribution >= 0.6 is 0 Å². The number of halogens is 1. The van der Waals surface area contributed by atoms with Gasteiger partial charge in [0.25, 0.3) is 0 Å². The molecule has 0 spiro atoms. The maximum absolute atomic E-state index is 12.7. The molecule has 0 amide bonds. The van der Waals surface area contributed by atoms with Crippen molar-refractivity contribution in [3.8, 4) is 5.75 Å². The molecule has 2 aromatic rings. The van der Waals surface area contributed by atoms with Crippen LogP contribution in [0.4, 0.5) is 4.39 Å². The number of pyridine rings is 1. The van der Waals surface area contributed by atoms with Gasteiger partial charge >= 0.3 is 0 Å². The third kappa shape index (κ3) is 3.26. The third-order valence-electron chi connectivity index (χ3n) is 2.38. The van der Waals surface area contributed by atoms with Crippen molar-refractivity contribution < 1.29 is 9.13 Å². The Bertz CT molecular complexity index is 459. The van der Waals surface area contributed by atoms with Gasteiger partial charge in [0, 0.05) is 12.4 Å². The Morgan fingerprint density at radius 2 is 1.76 bits per heavy atom. The number of ether oxygens (including phenoxy) is 1. The molecule has 0 radical (unpaired) electrons. The highest BCUT2D eigenvalue weighted by molar-refractivity contribution is 5.22. The van der Waals surface area contributed by atoms with Gasteiger partial charge in [0.15, 0.2) is 0 Å². The lowest BCUT2D eigenvalue weighted by Crippen LogP contribution is -2.18. The minimum absolute atomic E-state index is 0.219. The van der Waals surface area contributed by atoms with Gasteiger partial charge in [-0.05, 0) is 42.0 Å². The topological polar surface area (TPSA) is 48.1 Å². The highest BCUT2D eigenvalue weighted by atomic mass is 19.1. The van der Waals surface area contributed by atoms with Crippen LogP contribution in [0.25, 0.3) is 0 Å². The smallest absolute Gasteiger partial charge is 0.123 e. The average Bonchev–Trinajstić information content (AvgIpc) is 2.39. The zero-order valence-electron chi connectivity index (χ0n) is 9.21. The summed E-state index contributed by atoms with van der Waals surface area (Å²) in [5, 5.41) is 0. The Morgan fingerprint density at radius 1 is 1.12 bits per heavy atom. The van der Waals surface area contributed by atoms with E-state index < -0.39 is 0 Å². The Balaban J connectivity index is 1.92. The van der Waals surface area contributed by atoms with Crippen LogP contribution in [-0.4, -0.2) is 11.6 Å². The second-order valence-corrected chi connectivity index (χ2v) is 3.65. The standard InChI is InChI=1S/C13H13FN2O/c14-11-1-3-12(4-2-11)17-9-13(15)10-5-7-16-8-6-10/h1-8,13H,9,15H2. The van der Waals surface area contributed by atoms with Crippen LogP contribution in [0.3, 0.4) is 0 Å². The van der Waals surface area contributed by atoms with Gasteiger partial charge in [-0.15, -0.1) is 0 Å². The third-order valence-corrected chi connectivity index (χ3v) is 2.38. The maximum Gasteiger partial charge on any atom is 0.123 e. The van der Waals surface area contributed by atoms with Crippen LogP contribution in [0.2, 0.25) is 0 Å². The van der Waals surface area contributed by atoms with Gasteiger partial charge in [0.1, 0.15) is 18.2 Å². The summed E-state index contributed by atoms with van der Waals surface area (Å²) >= 11 is 0. The summed E-state index contributed by atoms with van der Waals surface area (Å²) in [6.07, 6.45) is 3.38. The Morgan fingerprint density at radius 3 is 2.41 bits per heavy atom. The molecule has 0 fully saturated rings. The number of nitrogens with two attached hydrogens (primary N) is 1. The summed E-state index contributed by atoms with van der Waals surface area (Å²) in [7, 11) is 0. The SMILES string of the molecule is NC(COc1ccc(F)cc1)c1ccncc1. The molecule has 1 aromatic carbocycles. The molecule has 1 unspecified atom stereocenters. The number of hydrogen-bond donors (Lipinski definition) is 1. The van der Waals surface area contributed by atoms with Crippen LogP contribution in [0.15, 0.2) is 48.8 Å². The van der Waals surface area contributed by atoms with Crippen LogP contribution in [0, 0.1) is 5.82 Å². The van der Waals surface area contributed by atoms with Gasteiger partial charge < -0.3 is 10.5 Å². The fourth-order valence-corrected chi connectivity index (χ4v) is 1.42. The van der Waals surface area contributed by atoms with Crippen LogP contribution < -0.4 is 10.5 Å². The minimum atomic E-state index is -0.282. The summed E-state index contributed by atoms with van der Waals surface area (Å²) < 4.78 is 18.1. The predicted molar refractivity (Wildman–Crippen MR) is 63.1 cm³/mol. The van der Waals surface area contributed by atoms with Gasteiger partial charge in [-0.25, -0.2) is 4.39 Å². The van der Waals surface area contributed by atoms with E-state index in [0.29, 0.717) is 12.4 Å². The monoisotopic (exact) mass is 232 g/mol. The molecule has 88 valence electrons. The molecule has 2 rings (SSSR count). The summed E-state index contributed by atoms with van der Waals surface area (Å²) in [5.74, 6) is 0.326. The first-order chi connectivity index (χ1) is 8.25. The molecule has 2 N–H and O–H groups in total. The second-order valence-electron chi connectivity index (χ2n) is 3.65. The van der Waals surface area contributed by atoms with E-state index in [4.69, 9.17) is 10.5 Å². The molecule has 17 heavy (non-hydrogen) atoms. The van der Waals surface area contributed by atoms with E-state index in [2.05, 4.69) is 4.98 Å². The first-order valence-electron chi connectivity index (χ1n) is 5.29. The highest BCUT2D eigenvalue weighted by Crippen LogP contribution is 2.14. The van der Waals surface area contributed by atoms with Crippen molar-refractivity contribution in [2.75, 3.05) is 6.61 Å². The van der Waals surface area contributed by atoms with Gasteiger partial charge in [-0.1, -0.05) is 0 Å². The van der Waals surface area contributed by atoms with Crippen LogP contribution in [0.1, 0.15) is 11.6 Å². The first kappa shape index (κ1) is 11.5. The van der Waals surface area contributed by atoms with Crippen molar-refractivity contribution in [2.24, 2.45) is 5.73 Å². The number of rotatable bonds is 4. The number of hydrogen-bond acceptors (Lipinski definition) is 3. The second kappa shape index (κ2) is 5.41. The summed E-state index contributed by atoms with van der Waals surface area (Å²) in [6, 6.07) is 9.34. The van der Waals surface area contributed by atoms with Gasteiger partial charge in [0.2, 0.25) is 0 Å². The molecule has 0 saturated heterocycles. The lowest BCUT2D eigenvalue weighted by Gasteiger charge is -2.13. The van der Waals surface area contributed by atoms with E-state index in [-0.39, 0.29) is 11.9 Å². The molecule has 1 atom stereocenters. The fraction of sp³-hybridized carbons (Fsp3) is 0.154. The molecule has 0 aliphatic heterocycles. The van der Waals surface area contributed by atoms with Gasteiger partial charge in [-0.3, -0.25) is 4.98 Å². The van der Waals surface area contributed by atoms with Crippen molar-refractivity contribution in [3.05, 3.63) is 60.2 Å². The Labute approximate surface area is 99.1 Å². The largest absolute Gasteiger partial charge is 0.492 e. The quantitative estimate of drug-likeness (QED) is 0.879. The molecular formula is C13H13FN2O. The molecule has 3 nitrogen and oxygen atoms in total. The Kier molecular flexibility index (Phi) is 3.67. The summed E-state index contributed by atoms with van der Waals surface area (Å²) in [5.41, 5.74) is 6.91. The number of benzene rings is 1. The number of nitrogens with zero attached hydrogens (tertiary/aromatic N) is 1. The normalized spacial score (nSPS) is 12.1. The van der Waals surface area contributed by atoms with Crippen molar-refractivity contribution in [1.82, 2.24) is 4.98 Å². The Hall–Kier alpha value is -1.94. The molecule has 1 heterocycles. The van der Waals surface area contributed by atoms with Crippen LogP contribution in [-0.2, 0) is 0 Å².